The normalized spacial score (nSPS) is 14.1. The van der Waals surface area contributed by atoms with Crippen LogP contribution in [0.1, 0.15) is 100 Å². The van der Waals surface area contributed by atoms with Crippen LogP contribution in [-0.2, 0) is 33.1 Å². The molecule has 5 heterocycles. The highest BCUT2D eigenvalue weighted by atomic mass is 32.2. The predicted octanol–water partition coefficient (Wildman–Crippen LogP) is 7.33. The van der Waals surface area contributed by atoms with E-state index < -0.39 is 30.0 Å². The van der Waals surface area contributed by atoms with E-state index >= 15 is 0 Å². The molecule has 8 bridgehead atoms. The first-order valence-electron chi connectivity index (χ1n) is 15.1. The van der Waals surface area contributed by atoms with E-state index in [4.69, 9.17) is 0 Å². The van der Waals surface area contributed by atoms with Crippen LogP contribution in [0.2, 0.25) is 0 Å². The molecule has 0 atom stereocenters. The number of allylic oxidation sites excluding steroid dienone is 2. The van der Waals surface area contributed by atoms with Gasteiger partial charge in [0.25, 0.3) is 20.2 Å². The zero-order valence-electron chi connectivity index (χ0n) is 25.4. The molecule has 234 valence electrons. The van der Waals surface area contributed by atoms with Gasteiger partial charge in [0.15, 0.2) is 0 Å². The van der Waals surface area contributed by atoms with Crippen molar-refractivity contribution >= 4 is 63.3 Å². The van der Waals surface area contributed by atoms with E-state index in [2.05, 4.69) is 45.9 Å². The van der Waals surface area contributed by atoms with Crippen LogP contribution in [0.4, 0.5) is 0 Å². The van der Waals surface area contributed by atoms with E-state index in [0.29, 0.717) is 12.8 Å². The van der Waals surface area contributed by atoms with Crippen LogP contribution in [0.15, 0.2) is 36.4 Å². The number of nitrogens with one attached hydrogen (secondary N) is 2. The van der Waals surface area contributed by atoms with Crippen molar-refractivity contribution < 1.29 is 25.9 Å². The quantitative estimate of drug-likeness (QED) is 0.168. The number of nitrogens with zero attached hydrogens (tertiary/aromatic N) is 2. The number of aryl methyl sites for hydroxylation is 2. The van der Waals surface area contributed by atoms with Gasteiger partial charge in [-0.2, -0.15) is 16.8 Å². The first-order valence-corrected chi connectivity index (χ1v) is 17.9. The predicted molar refractivity (Wildman–Crippen MR) is 176 cm³/mol. The summed E-state index contributed by atoms with van der Waals surface area (Å²) in [7, 11) is -9.76. The standard InChI is InChI=1S/C32H38N4O6S2/c1-5-9-19-17-27-28-18-20(10-6-2)24(34-28)14-16-26-22(12-8-4)32(44(40,41)42)30(36-26)29-31(43(37,38)39)21(11-7-3)25(35-29)15-13-23(19)33-27/h13-18,33-34H,5-12H2,1-4H3,(H,37,38,39)(H,40,41,42). The lowest BCUT2D eigenvalue weighted by molar-refractivity contribution is 0.493. The van der Waals surface area contributed by atoms with E-state index in [1.165, 1.54) is 0 Å². The molecule has 0 spiro atoms. The molecule has 2 aliphatic rings. The Bertz CT molecular complexity index is 1920. The lowest BCUT2D eigenvalue weighted by atomic mass is 10.1. The van der Waals surface area contributed by atoms with E-state index in [0.717, 1.165) is 58.9 Å². The second kappa shape index (κ2) is 12.4. The molecule has 5 rings (SSSR count). The molecule has 0 saturated carbocycles. The van der Waals surface area contributed by atoms with Crippen LogP contribution in [0, 0.1) is 0 Å². The third-order valence-electron chi connectivity index (χ3n) is 7.81. The molecule has 12 heteroatoms. The second-order valence-corrected chi connectivity index (χ2v) is 13.9. The fraction of sp³-hybridized carbons (Fsp3) is 0.375. The highest BCUT2D eigenvalue weighted by Crippen LogP contribution is 2.44. The topological polar surface area (TPSA) is 166 Å². The molecule has 0 aromatic carbocycles. The van der Waals surface area contributed by atoms with Gasteiger partial charge in [-0.25, -0.2) is 9.97 Å². The number of rotatable bonds is 10. The van der Waals surface area contributed by atoms with Crippen molar-refractivity contribution in [1.82, 2.24) is 19.9 Å². The summed E-state index contributed by atoms with van der Waals surface area (Å²) in [6, 6.07) is 11.2. The van der Waals surface area contributed by atoms with Gasteiger partial charge in [-0.3, -0.25) is 9.11 Å². The monoisotopic (exact) mass is 638 g/mol. The Labute approximate surface area is 257 Å². The summed E-state index contributed by atoms with van der Waals surface area (Å²) in [5, 5.41) is 0. The van der Waals surface area contributed by atoms with Crippen LogP contribution in [-0.4, -0.2) is 45.9 Å². The number of hydrogen-bond donors (Lipinski definition) is 4. The molecule has 10 nitrogen and oxygen atoms in total. The summed E-state index contributed by atoms with van der Waals surface area (Å²) in [6.07, 6.45) is 5.00. The molecule has 0 radical (unpaired) electrons. The second-order valence-electron chi connectivity index (χ2n) is 11.2. The van der Waals surface area contributed by atoms with Gasteiger partial charge in [0.1, 0.15) is 21.2 Å². The smallest absolute Gasteiger partial charge is 0.297 e. The fourth-order valence-electron chi connectivity index (χ4n) is 6.02. The van der Waals surface area contributed by atoms with Crippen LogP contribution in [0.5, 0.6) is 0 Å². The summed E-state index contributed by atoms with van der Waals surface area (Å²) in [4.78, 5) is 15.2. The van der Waals surface area contributed by atoms with Crippen molar-refractivity contribution in [3.05, 3.63) is 70.3 Å². The van der Waals surface area contributed by atoms with Crippen molar-refractivity contribution in [1.29, 1.82) is 0 Å². The highest BCUT2D eigenvalue weighted by molar-refractivity contribution is 7.96. The minimum absolute atomic E-state index is 0.251. The first-order chi connectivity index (χ1) is 20.9. The van der Waals surface area contributed by atoms with Crippen LogP contribution in [0.3, 0.4) is 0 Å². The summed E-state index contributed by atoms with van der Waals surface area (Å²) < 4.78 is 72.5. The minimum Gasteiger partial charge on any atom is -0.354 e. The molecule has 0 unspecified atom stereocenters. The molecule has 0 saturated heterocycles. The highest BCUT2D eigenvalue weighted by Gasteiger charge is 2.38. The van der Waals surface area contributed by atoms with Crippen molar-refractivity contribution in [2.45, 2.75) is 79.1 Å². The molecule has 0 amide bonds. The van der Waals surface area contributed by atoms with Crippen LogP contribution in [0.25, 0.3) is 43.0 Å². The third kappa shape index (κ3) is 6.03. The van der Waals surface area contributed by atoms with Gasteiger partial charge in [0.2, 0.25) is 0 Å². The molecular formula is C32H38N4O6S2. The van der Waals surface area contributed by atoms with Gasteiger partial charge >= 0.3 is 0 Å². The molecule has 3 aromatic rings. The molecule has 0 aliphatic carbocycles. The number of aromatic nitrogens is 4. The van der Waals surface area contributed by atoms with Gasteiger partial charge in [-0.1, -0.05) is 53.4 Å². The lowest BCUT2D eigenvalue weighted by Gasteiger charge is -2.07. The molecule has 3 aromatic heterocycles. The number of fused-ring (bicyclic) bond motifs is 10. The maximum absolute atomic E-state index is 12.9. The number of aromatic amines is 2. The van der Waals surface area contributed by atoms with Crippen molar-refractivity contribution in [2.75, 3.05) is 0 Å². The maximum atomic E-state index is 12.9. The third-order valence-corrected chi connectivity index (χ3v) is 9.73. The van der Waals surface area contributed by atoms with Gasteiger partial charge in [0, 0.05) is 22.2 Å². The zero-order chi connectivity index (χ0) is 31.8. The van der Waals surface area contributed by atoms with E-state index in [-0.39, 0.29) is 46.8 Å². The average Bonchev–Trinajstić information content (AvgIpc) is 3.70. The Morgan fingerprint density at radius 1 is 0.568 bits per heavy atom. The SMILES string of the molecule is CCCC1=C(S(=O)(=O)O)c2nc1ccc1[nH]c(cc1CCC)c1cc(CCC)c(ccc3nc2C(S(=O)(=O)O)=C3CCC)[nH]1. The Morgan fingerprint density at radius 2 is 0.932 bits per heavy atom. The Kier molecular flexibility index (Phi) is 8.99. The molecule has 44 heavy (non-hydrogen) atoms. The van der Waals surface area contributed by atoms with Gasteiger partial charge in [0.05, 0.1) is 22.4 Å². The molecule has 2 aliphatic heterocycles. The van der Waals surface area contributed by atoms with Gasteiger partial charge < -0.3 is 9.97 Å². The average molecular weight is 639 g/mol. The van der Waals surface area contributed by atoms with Gasteiger partial charge in [-0.05, 0) is 73.2 Å². The number of hydrogen-bond acceptors (Lipinski definition) is 6. The summed E-state index contributed by atoms with van der Waals surface area (Å²) in [5.41, 5.74) is 6.05. The molecular weight excluding hydrogens is 601 g/mol. The maximum Gasteiger partial charge on any atom is 0.297 e. The zero-order valence-corrected chi connectivity index (χ0v) is 27.0. The summed E-state index contributed by atoms with van der Waals surface area (Å²) in [5.74, 6) is 0. The Hall–Kier alpha value is -3.58. The Balaban J connectivity index is 2.03. The van der Waals surface area contributed by atoms with E-state index in [1.54, 1.807) is 12.1 Å². The van der Waals surface area contributed by atoms with Crippen molar-refractivity contribution in [3.63, 3.8) is 0 Å². The lowest BCUT2D eigenvalue weighted by Crippen LogP contribution is -2.07. The summed E-state index contributed by atoms with van der Waals surface area (Å²) in [6.45, 7) is 7.92. The molecule has 0 fully saturated rings. The van der Waals surface area contributed by atoms with E-state index in [1.807, 2.05) is 26.0 Å². The summed E-state index contributed by atoms with van der Waals surface area (Å²) >= 11 is 0. The van der Waals surface area contributed by atoms with Crippen molar-refractivity contribution in [2.24, 2.45) is 0 Å². The van der Waals surface area contributed by atoms with Crippen molar-refractivity contribution in [3.8, 4) is 0 Å². The number of H-pyrrole nitrogens is 2. The van der Waals surface area contributed by atoms with Gasteiger partial charge in [-0.15, -0.1) is 0 Å². The molecule has 4 N–H and O–H groups in total. The van der Waals surface area contributed by atoms with Crippen LogP contribution >= 0.6 is 0 Å². The van der Waals surface area contributed by atoms with E-state index in [9.17, 15) is 25.9 Å². The fourth-order valence-corrected chi connectivity index (χ4v) is 7.83. The Morgan fingerprint density at radius 3 is 1.25 bits per heavy atom. The first kappa shape index (κ1) is 31.8. The minimum atomic E-state index is -4.88. The largest absolute Gasteiger partial charge is 0.354 e. The van der Waals surface area contributed by atoms with Crippen LogP contribution < -0.4 is 0 Å².